The van der Waals surface area contributed by atoms with Gasteiger partial charge in [0.2, 0.25) is 5.91 Å². The highest BCUT2D eigenvalue weighted by atomic mass is 32.2. The summed E-state index contributed by atoms with van der Waals surface area (Å²) in [7, 11) is 0. The molecule has 5 nitrogen and oxygen atoms in total. The highest BCUT2D eigenvalue weighted by Gasteiger charge is 2.22. The van der Waals surface area contributed by atoms with Crippen LogP contribution in [0.2, 0.25) is 0 Å². The maximum atomic E-state index is 12.7. The van der Waals surface area contributed by atoms with Gasteiger partial charge in [0.1, 0.15) is 6.04 Å². The van der Waals surface area contributed by atoms with E-state index in [0.29, 0.717) is 12.0 Å². The monoisotopic (exact) mass is 397 g/mol. The first-order chi connectivity index (χ1) is 13.5. The molecule has 0 aromatic heterocycles. The molecule has 2 N–H and O–H groups in total. The predicted molar refractivity (Wildman–Crippen MR) is 112 cm³/mol. The molecule has 0 radical (unpaired) electrons. The van der Waals surface area contributed by atoms with Crippen LogP contribution in [0.15, 0.2) is 66.2 Å². The minimum absolute atomic E-state index is 0.106. The second kappa shape index (κ2) is 11.1. The Morgan fingerprint density at radius 1 is 1.04 bits per heavy atom. The molecule has 0 spiro atoms. The number of nitrogens with one attached hydrogen (secondary N) is 1. The van der Waals surface area contributed by atoms with Crippen LogP contribution in [0.4, 0.5) is 0 Å². The van der Waals surface area contributed by atoms with Gasteiger partial charge in [-0.15, -0.1) is 0 Å². The minimum atomic E-state index is -1.08. The number of hydrogen-bond donors (Lipinski definition) is 2. The second-order valence-corrected chi connectivity index (χ2v) is 7.40. The van der Waals surface area contributed by atoms with Crippen molar-refractivity contribution in [2.75, 3.05) is 5.75 Å². The van der Waals surface area contributed by atoms with Crippen molar-refractivity contribution in [1.29, 1.82) is 0 Å². The van der Waals surface area contributed by atoms with Crippen LogP contribution in [0.1, 0.15) is 24.5 Å². The molecule has 0 saturated heterocycles. The van der Waals surface area contributed by atoms with E-state index >= 15 is 0 Å². The standard InChI is InChI=1S/C22H23NO4S/c1-16(24)28-15-19(14-18-10-6-3-7-11-18)21(25)23-20(22(26)27)13-12-17-8-4-2-5-9-17/h2-11,14,20H,12-13,15H2,1H3,(H,23,25)(H,26,27)/b19-14+/t20-/m0/s1. The Labute approximate surface area is 168 Å². The molecule has 6 heteroatoms. The van der Waals surface area contributed by atoms with E-state index in [9.17, 15) is 19.5 Å². The van der Waals surface area contributed by atoms with Crippen molar-refractivity contribution in [3.63, 3.8) is 0 Å². The number of carboxylic acid groups (broad SMARTS) is 1. The maximum absolute atomic E-state index is 12.7. The van der Waals surface area contributed by atoms with Crippen LogP contribution in [0.25, 0.3) is 6.08 Å². The molecule has 0 aliphatic rings. The van der Waals surface area contributed by atoms with E-state index in [4.69, 9.17) is 0 Å². The Morgan fingerprint density at radius 3 is 2.21 bits per heavy atom. The third-order valence-corrected chi connectivity index (χ3v) is 4.89. The van der Waals surface area contributed by atoms with Crippen molar-refractivity contribution >= 4 is 34.8 Å². The summed E-state index contributed by atoms with van der Waals surface area (Å²) in [6.07, 6.45) is 2.50. The number of carbonyl (C=O) groups is 3. The summed E-state index contributed by atoms with van der Waals surface area (Å²) in [6, 6.07) is 17.8. The van der Waals surface area contributed by atoms with E-state index in [1.807, 2.05) is 60.7 Å². The first kappa shape index (κ1) is 21.4. The van der Waals surface area contributed by atoms with Gasteiger partial charge >= 0.3 is 5.97 Å². The molecule has 0 aliphatic heterocycles. The van der Waals surface area contributed by atoms with Crippen molar-refractivity contribution in [3.05, 3.63) is 77.4 Å². The smallest absolute Gasteiger partial charge is 0.326 e. The van der Waals surface area contributed by atoms with Gasteiger partial charge in [-0.2, -0.15) is 0 Å². The Hall–Kier alpha value is -2.86. The topological polar surface area (TPSA) is 83.5 Å². The third kappa shape index (κ3) is 7.40. The van der Waals surface area contributed by atoms with E-state index in [1.54, 1.807) is 6.08 Å². The van der Waals surface area contributed by atoms with Gasteiger partial charge in [-0.05, 0) is 30.0 Å². The fourth-order valence-corrected chi connectivity index (χ4v) is 3.14. The molecule has 2 aromatic carbocycles. The molecular weight excluding hydrogens is 374 g/mol. The van der Waals surface area contributed by atoms with Crippen LogP contribution in [-0.4, -0.2) is 33.9 Å². The van der Waals surface area contributed by atoms with Crippen LogP contribution in [0.5, 0.6) is 0 Å². The third-order valence-electron chi connectivity index (χ3n) is 4.03. The van der Waals surface area contributed by atoms with Crippen molar-refractivity contribution < 1.29 is 19.5 Å². The second-order valence-electron chi connectivity index (χ2n) is 6.25. The molecule has 0 unspecified atom stereocenters. The van der Waals surface area contributed by atoms with Gasteiger partial charge in [-0.1, -0.05) is 72.4 Å². The maximum Gasteiger partial charge on any atom is 0.326 e. The molecule has 0 saturated carbocycles. The van der Waals surface area contributed by atoms with Gasteiger partial charge < -0.3 is 10.4 Å². The number of aryl methyl sites for hydroxylation is 1. The number of thioether (sulfide) groups is 1. The molecule has 1 atom stereocenters. The first-order valence-electron chi connectivity index (χ1n) is 8.92. The predicted octanol–water partition coefficient (Wildman–Crippen LogP) is 3.55. The van der Waals surface area contributed by atoms with Gasteiger partial charge in [0, 0.05) is 18.2 Å². The van der Waals surface area contributed by atoms with Crippen molar-refractivity contribution in [2.24, 2.45) is 0 Å². The molecular formula is C22H23NO4S. The molecule has 2 aromatic rings. The normalized spacial score (nSPS) is 12.2. The molecule has 1 amide bonds. The van der Waals surface area contributed by atoms with Crippen LogP contribution >= 0.6 is 11.8 Å². The van der Waals surface area contributed by atoms with E-state index in [2.05, 4.69) is 5.32 Å². The fraction of sp³-hybridized carbons (Fsp3) is 0.227. The lowest BCUT2D eigenvalue weighted by Gasteiger charge is -2.16. The summed E-state index contributed by atoms with van der Waals surface area (Å²) < 4.78 is 0. The molecule has 0 bridgehead atoms. The highest BCUT2D eigenvalue weighted by Crippen LogP contribution is 2.15. The molecule has 146 valence electrons. The summed E-state index contributed by atoms with van der Waals surface area (Å²) in [5, 5.41) is 12.0. The SMILES string of the molecule is CC(=O)SC/C(=C\c1ccccc1)C(=O)N[C@@H](CCc1ccccc1)C(=O)O. The minimum Gasteiger partial charge on any atom is -0.480 e. The summed E-state index contributed by atoms with van der Waals surface area (Å²) in [5.41, 5.74) is 2.18. The fourth-order valence-electron chi connectivity index (χ4n) is 2.57. The zero-order chi connectivity index (χ0) is 20.4. The molecule has 0 heterocycles. The highest BCUT2D eigenvalue weighted by molar-refractivity contribution is 8.13. The number of carboxylic acids is 1. The zero-order valence-electron chi connectivity index (χ0n) is 15.6. The Bertz CT molecular complexity index is 834. The van der Waals surface area contributed by atoms with Crippen molar-refractivity contribution in [1.82, 2.24) is 5.32 Å². The summed E-state index contributed by atoms with van der Waals surface area (Å²) in [6.45, 7) is 1.43. The lowest BCUT2D eigenvalue weighted by atomic mass is 10.0. The van der Waals surface area contributed by atoms with Crippen LogP contribution < -0.4 is 5.32 Å². The number of carbonyl (C=O) groups excluding carboxylic acids is 2. The Balaban J connectivity index is 2.10. The molecule has 0 fully saturated rings. The number of amides is 1. The first-order valence-corrected chi connectivity index (χ1v) is 9.91. The number of hydrogen-bond acceptors (Lipinski definition) is 4. The summed E-state index contributed by atoms with van der Waals surface area (Å²) in [5.74, 6) is -1.37. The zero-order valence-corrected chi connectivity index (χ0v) is 16.4. The van der Waals surface area contributed by atoms with Crippen LogP contribution in [0.3, 0.4) is 0 Å². The van der Waals surface area contributed by atoms with Gasteiger partial charge in [-0.3, -0.25) is 9.59 Å². The quantitative estimate of drug-likeness (QED) is 0.632. The lowest BCUT2D eigenvalue weighted by molar-refractivity contribution is -0.141. The Morgan fingerprint density at radius 2 is 1.64 bits per heavy atom. The van der Waals surface area contributed by atoms with Gasteiger partial charge in [0.25, 0.3) is 0 Å². The van der Waals surface area contributed by atoms with E-state index in [1.165, 1.54) is 6.92 Å². The molecule has 0 aliphatic carbocycles. The number of benzene rings is 2. The average molecular weight is 397 g/mol. The summed E-state index contributed by atoms with van der Waals surface area (Å²) in [4.78, 5) is 35.7. The molecule has 2 rings (SSSR count). The average Bonchev–Trinajstić information content (AvgIpc) is 2.69. The van der Waals surface area contributed by atoms with Crippen LogP contribution in [-0.2, 0) is 20.8 Å². The van der Waals surface area contributed by atoms with Gasteiger partial charge in [-0.25, -0.2) is 4.79 Å². The van der Waals surface area contributed by atoms with Gasteiger partial charge in [0.15, 0.2) is 5.12 Å². The van der Waals surface area contributed by atoms with Crippen molar-refractivity contribution in [3.8, 4) is 0 Å². The number of aliphatic carboxylic acids is 1. The Kier molecular flexibility index (Phi) is 8.49. The lowest BCUT2D eigenvalue weighted by Crippen LogP contribution is -2.42. The number of rotatable bonds is 9. The largest absolute Gasteiger partial charge is 0.480 e. The van der Waals surface area contributed by atoms with E-state index < -0.39 is 17.9 Å². The van der Waals surface area contributed by atoms with Crippen molar-refractivity contribution in [2.45, 2.75) is 25.8 Å². The van der Waals surface area contributed by atoms with Crippen LogP contribution in [0, 0.1) is 0 Å². The van der Waals surface area contributed by atoms with Gasteiger partial charge in [0.05, 0.1) is 0 Å². The van der Waals surface area contributed by atoms with E-state index in [0.717, 1.165) is 22.9 Å². The molecule has 28 heavy (non-hydrogen) atoms. The van der Waals surface area contributed by atoms with E-state index in [-0.39, 0.29) is 17.3 Å². The summed E-state index contributed by atoms with van der Waals surface area (Å²) >= 11 is 1.02.